The average Bonchev–Trinajstić information content (AvgIpc) is 2.63. The van der Waals surface area contributed by atoms with Crippen molar-refractivity contribution in [3.8, 4) is 6.07 Å². The first-order valence-corrected chi connectivity index (χ1v) is 8.74. The molecule has 0 atom stereocenters. The second-order valence-electron chi connectivity index (χ2n) is 6.43. The van der Waals surface area contributed by atoms with Gasteiger partial charge in [-0.05, 0) is 59.6 Å². The average molecular weight is 319 g/mol. The van der Waals surface area contributed by atoms with Crippen molar-refractivity contribution in [2.75, 3.05) is 0 Å². The molecule has 0 saturated carbocycles. The Labute approximate surface area is 143 Å². The standard InChI is InChI=1S/C22H22FN/c1-2-3-4-5-16-6-8-17(9-7-16)18-12-13-21-19(14-18)10-11-20(15-24)22(21)23/h6-11,14H,2-5,12-13H2,1H3. The highest BCUT2D eigenvalue weighted by Gasteiger charge is 2.17. The number of benzene rings is 2. The molecule has 1 nitrogen and oxygen atoms in total. The van der Waals surface area contributed by atoms with Gasteiger partial charge in [-0.1, -0.05) is 56.2 Å². The summed E-state index contributed by atoms with van der Waals surface area (Å²) in [6, 6.07) is 14.1. The zero-order valence-electron chi connectivity index (χ0n) is 14.1. The van der Waals surface area contributed by atoms with Gasteiger partial charge in [0.25, 0.3) is 0 Å². The number of rotatable bonds is 5. The largest absolute Gasteiger partial charge is 0.205 e. The number of nitriles is 1. The normalized spacial score (nSPS) is 13.1. The number of hydrogen-bond acceptors (Lipinski definition) is 1. The molecule has 2 aromatic carbocycles. The van der Waals surface area contributed by atoms with Crippen LogP contribution in [0.5, 0.6) is 0 Å². The first kappa shape index (κ1) is 16.5. The summed E-state index contributed by atoms with van der Waals surface area (Å²) >= 11 is 0. The van der Waals surface area contributed by atoms with Gasteiger partial charge in [-0.25, -0.2) is 4.39 Å². The molecule has 0 aromatic heterocycles. The molecule has 2 heteroatoms. The molecule has 2 aromatic rings. The highest BCUT2D eigenvalue weighted by Crippen LogP contribution is 2.32. The Balaban J connectivity index is 1.81. The zero-order valence-corrected chi connectivity index (χ0v) is 14.1. The first-order chi connectivity index (χ1) is 11.7. The van der Waals surface area contributed by atoms with E-state index in [4.69, 9.17) is 5.26 Å². The Morgan fingerprint density at radius 2 is 1.83 bits per heavy atom. The molecule has 0 amide bonds. The minimum absolute atomic E-state index is 0.141. The Bertz CT molecular complexity index is 794. The zero-order chi connectivity index (χ0) is 16.9. The molecule has 3 rings (SSSR count). The van der Waals surface area contributed by atoms with Crippen LogP contribution in [0.2, 0.25) is 0 Å². The second-order valence-corrected chi connectivity index (χ2v) is 6.43. The molecule has 24 heavy (non-hydrogen) atoms. The summed E-state index contributed by atoms with van der Waals surface area (Å²) in [6.07, 6.45) is 8.43. The third kappa shape index (κ3) is 3.41. The number of allylic oxidation sites excluding steroid dienone is 1. The van der Waals surface area contributed by atoms with Gasteiger partial charge in [-0.2, -0.15) is 5.26 Å². The van der Waals surface area contributed by atoms with Crippen molar-refractivity contribution in [3.63, 3.8) is 0 Å². The highest BCUT2D eigenvalue weighted by atomic mass is 19.1. The van der Waals surface area contributed by atoms with E-state index < -0.39 is 0 Å². The summed E-state index contributed by atoms with van der Waals surface area (Å²) < 4.78 is 14.2. The maximum Gasteiger partial charge on any atom is 0.144 e. The summed E-state index contributed by atoms with van der Waals surface area (Å²) in [6.45, 7) is 2.22. The molecule has 1 aliphatic carbocycles. The predicted octanol–water partition coefficient (Wildman–Crippen LogP) is 5.92. The van der Waals surface area contributed by atoms with Crippen LogP contribution < -0.4 is 0 Å². The van der Waals surface area contributed by atoms with E-state index in [1.165, 1.54) is 36.0 Å². The molecular formula is C22H22FN. The molecule has 0 unspecified atom stereocenters. The van der Waals surface area contributed by atoms with Crippen LogP contribution in [0.3, 0.4) is 0 Å². The minimum Gasteiger partial charge on any atom is -0.205 e. The number of fused-ring (bicyclic) bond motifs is 1. The van der Waals surface area contributed by atoms with Crippen molar-refractivity contribution in [3.05, 3.63) is 70.0 Å². The molecule has 122 valence electrons. The number of hydrogen-bond donors (Lipinski definition) is 0. The smallest absolute Gasteiger partial charge is 0.144 e. The van der Waals surface area contributed by atoms with Gasteiger partial charge in [0.2, 0.25) is 0 Å². The monoisotopic (exact) mass is 319 g/mol. The van der Waals surface area contributed by atoms with E-state index in [-0.39, 0.29) is 11.4 Å². The van der Waals surface area contributed by atoms with Crippen LogP contribution in [0.25, 0.3) is 11.6 Å². The van der Waals surface area contributed by atoms with Crippen molar-refractivity contribution in [2.45, 2.75) is 45.4 Å². The number of aryl methyl sites for hydroxylation is 1. The number of nitrogens with zero attached hydrogens (tertiary/aromatic N) is 1. The third-order valence-corrected chi connectivity index (χ3v) is 4.77. The third-order valence-electron chi connectivity index (χ3n) is 4.77. The van der Waals surface area contributed by atoms with Crippen molar-refractivity contribution in [1.82, 2.24) is 0 Å². The van der Waals surface area contributed by atoms with Gasteiger partial charge in [0.1, 0.15) is 11.9 Å². The molecule has 0 heterocycles. The van der Waals surface area contributed by atoms with E-state index in [1.807, 2.05) is 12.1 Å². The van der Waals surface area contributed by atoms with Gasteiger partial charge >= 0.3 is 0 Å². The highest BCUT2D eigenvalue weighted by molar-refractivity contribution is 5.84. The van der Waals surface area contributed by atoms with Crippen LogP contribution in [-0.2, 0) is 12.8 Å². The summed E-state index contributed by atoms with van der Waals surface area (Å²) in [7, 11) is 0. The van der Waals surface area contributed by atoms with Gasteiger partial charge in [0.15, 0.2) is 0 Å². The van der Waals surface area contributed by atoms with E-state index in [2.05, 4.69) is 37.3 Å². The van der Waals surface area contributed by atoms with Crippen molar-refractivity contribution in [1.29, 1.82) is 5.26 Å². The Morgan fingerprint density at radius 3 is 2.54 bits per heavy atom. The van der Waals surface area contributed by atoms with E-state index >= 15 is 0 Å². The van der Waals surface area contributed by atoms with Crippen LogP contribution in [0, 0.1) is 17.1 Å². The molecule has 0 bridgehead atoms. The topological polar surface area (TPSA) is 23.8 Å². The summed E-state index contributed by atoms with van der Waals surface area (Å²) in [5.74, 6) is -0.350. The molecule has 0 aliphatic heterocycles. The van der Waals surface area contributed by atoms with Crippen LogP contribution in [0.4, 0.5) is 4.39 Å². The number of halogens is 1. The quantitative estimate of drug-likeness (QED) is 0.628. The maximum atomic E-state index is 14.2. The lowest BCUT2D eigenvalue weighted by Crippen LogP contribution is -2.04. The molecule has 0 fully saturated rings. The number of unbranched alkanes of at least 4 members (excludes halogenated alkanes) is 2. The fourth-order valence-corrected chi connectivity index (χ4v) is 3.32. The van der Waals surface area contributed by atoms with E-state index in [9.17, 15) is 4.39 Å². The second kappa shape index (κ2) is 7.45. The lowest BCUT2D eigenvalue weighted by molar-refractivity contribution is 0.604. The lowest BCUT2D eigenvalue weighted by atomic mass is 9.87. The van der Waals surface area contributed by atoms with Gasteiger partial charge in [0.05, 0.1) is 5.56 Å². The van der Waals surface area contributed by atoms with Crippen molar-refractivity contribution < 1.29 is 4.39 Å². The lowest BCUT2D eigenvalue weighted by Gasteiger charge is -2.18. The van der Waals surface area contributed by atoms with Gasteiger partial charge in [0, 0.05) is 0 Å². The van der Waals surface area contributed by atoms with E-state index in [1.54, 1.807) is 6.07 Å². The first-order valence-electron chi connectivity index (χ1n) is 8.74. The Kier molecular flexibility index (Phi) is 5.11. The van der Waals surface area contributed by atoms with Crippen LogP contribution in [0.15, 0.2) is 36.4 Å². The molecule has 0 saturated heterocycles. The molecule has 0 spiro atoms. The van der Waals surface area contributed by atoms with Crippen molar-refractivity contribution >= 4 is 11.6 Å². The molecular weight excluding hydrogens is 297 g/mol. The van der Waals surface area contributed by atoms with Gasteiger partial charge in [-0.3, -0.25) is 0 Å². The van der Waals surface area contributed by atoms with Gasteiger partial charge < -0.3 is 0 Å². The van der Waals surface area contributed by atoms with E-state index in [0.717, 1.165) is 18.4 Å². The van der Waals surface area contributed by atoms with Crippen LogP contribution in [-0.4, -0.2) is 0 Å². The van der Waals surface area contributed by atoms with Crippen molar-refractivity contribution in [2.24, 2.45) is 0 Å². The summed E-state index contributed by atoms with van der Waals surface area (Å²) in [4.78, 5) is 0. The summed E-state index contributed by atoms with van der Waals surface area (Å²) in [5, 5.41) is 8.95. The molecule has 1 aliphatic rings. The maximum absolute atomic E-state index is 14.2. The Hall–Kier alpha value is -2.40. The van der Waals surface area contributed by atoms with Gasteiger partial charge in [-0.15, -0.1) is 0 Å². The SMILES string of the molecule is CCCCCc1ccc(C2=Cc3ccc(C#N)c(F)c3CC2)cc1. The van der Waals surface area contributed by atoms with Crippen LogP contribution in [0.1, 0.15) is 60.4 Å². The fourth-order valence-electron chi connectivity index (χ4n) is 3.32. The Morgan fingerprint density at radius 1 is 1.04 bits per heavy atom. The predicted molar refractivity (Wildman–Crippen MR) is 97.0 cm³/mol. The fraction of sp³-hybridized carbons (Fsp3) is 0.318. The molecule has 0 N–H and O–H groups in total. The van der Waals surface area contributed by atoms with Crippen LogP contribution >= 0.6 is 0 Å². The molecule has 0 radical (unpaired) electrons. The summed E-state index contributed by atoms with van der Waals surface area (Å²) in [5.41, 5.74) is 5.56. The van der Waals surface area contributed by atoms with E-state index in [0.29, 0.717) is 12.0 Å². The minimum atomic E-state index is -0.350.